The Morgan fingerprint density at radius 3 is 2.24 bits per heavy atom. The molecule has 0 aromatic carbocycles. The van der Waals surface area contributed by atoms with Gasteiger partial charge in [0.15, 0.2) is 0 Å². The molecular weight excluding hydrogens is 253 g/mol. The standard InChI is InChI=1S/C8H12F5NO3/c1-17-4-5(2-3-15)14-6(16)7(9,10)8(11,12)13/h5,15H,2-4H2,1H3,(H,14,16). The van der Waals surface area contributed by atoms with Crippen LogP contribution in [0.3, 0.4) is 0 Å². The Hall–Kier alpha value is -0.960. The lowest BCUT2D eigenvalue weighted by atomic mass is 10.2. The zero-order chi connectivity index (χ0) is 13.7. The number of hydrogen-bond acceptors (Lipinski definition) is 3. The Bertz CT molecular complexity index is 250. The summed E-state index contributed by atoms with van der Waals surface area (Å²) in [5.74, 6) is -7.92. The molecule has 0 aromatic rings. The van der Waals surface area contributed by atoms with Crippen molar-refractivity contribution in [1.29, 1.82) is 0 Å². The molecule has 0 heterocycles. The Kier molecular flexibility index (Phi) is 5.76. The van der Waals surface area contributed by atoms with Gasteiger partial charge in [0.2, 0.25) is 0 Å². The zero-order valence-corrected chi connectivity index (χ0v) is 8.85. The van der Waals surface area contributed by atoms with Crippen molar-refractivity contribution >= 4 is 5.91 Å². The van der Waals surface area contributed by atoms with E-state index < -0.39 is 30.7 Å². The maximum Gasteiger partial charge on any atom is 0.463 e. The summed E-state index contributed by atoms with van der Waals surface area (Å²) in [5, 5.41) is 9.99. The van der Waals surface area contributed by atoms with E-state index in [-0.39, 0.29) is 13.0 Å². The first-order chi connectivity index (χ1) is 7.66. The van der Waals surface area contributed by atoms with Gasteiger partial charge in [-0.2, -0.15) is 22.0 Å². The quantitative estimate of drug-likeness (QED) is 0.695. The summed E-state index contributed by atoms with van der Waals surface area (Å²) in [6, 6.07) is -1.11. The third-order valence-corrected chi connectivity index (χ3v) is 1.82. The van der Waals surface area contributed by atoms with Crippen molar-refractivity contribution < 1.29 is 36.6 Å². The molecule has 1 amide bonds. The number of methoxy groups -OCH3 is 1. The number of ether oxygens (including phenoxy) is 1. The van der Waals surface area contributed by atoms with E-state index in [1.165, 1.54) is 12.4 Å². The van der Waals surface area contributed by atoms with E-state index in [0.717, 1.165) is 0 Å². The van der Waals surface area contributed by atoms with Gasteiger partial charge in [0, 0.05) is 13.7 Å². The molecule has 0 radical (unpaired) electrons. The fourth-order valence-corrected chi connectivity index (χ4v) is 0.959. The average Bonchev–Trinajstić information content (AvgIpc) is 2.16. The number of halogens is 5. The number of rotatable bonds is 6. The minimum absolute atomic E-state index is 0.187. The Morgan fingerprint density at radius 1 is 1.35 bits per heavy atom. The molecule has 9 heteroatoms. The molecule has 17 heavy (non-hydrogen) atoms. The van der Waals surface area contributed by atoms with Crippen molar-refractivity contribution in [2.45, 2.75) is 24.6 Å². The Balaban J connectivity index is 4.60. The lowest BCUT2D eigenvalue weighted by Gasteiger charge is -2.22. The van der Waals surface area contributed by atoms with Crippen LogP contribution in [0, 0.1) is 0 Å². The predicted molar refractivity (Wildman–Crippen MR) is 46.5 cm³/mol. The van der Waals surface area contributed by atoms with Crippen LogP contribution in [0.4, 0.5) is 22.0 Å². The van der Waals surface area contributed by atoms with E-state index >= 15 is 0 Å². The zero-order valence-electron chi connectivity index (χ0n) is 8.85. The summed E-state index contributed by atoms with van der Waals surface area (Å²) in [5.41, 5.74) is 0. The van der Waals surface area contributed by atoms with E-state index in [2.05, 4.69) is 4.74 Å². The number of carbonyl (C=O) groups is 1. The van der Waals surface area contributed by atoms with Gasteiger partial charge in [-0.1, -0.05) is 0 Å². The van der Waals surface area contributed by atoms with E-state index in [9.17, 15) is 26.7 Å². The molecule has 0 aliphatic carbocycles. The Labute approximate surface area is 93.7 Å². The molecule has 0 aromatic heterocycles. The number of alkyl halides is 5. The van der Waals surface area contributed by atoms with Gasteiger partial charge in [0.1, 0.15) is 0 Å². The van der Waals surface area contributed by atoms with Crippen LogP contribution in [0.2, 0.25) is 0 Å². The summed E-state index contributed by atoms with van der Waals surface area (Å²) in [6.45, 7) is -0.758. The number of aliphatic hydroxyl groups excluding tert-OH is 1. The summed E-state index contributed by atoms with van der Waals surface area (Å²) in [6.07, 6.45) is -6.14. The van der Waals surface area contributed by atoms with Crippen LogP contribution in [0.15, 0.2) is 0 Å². The van der Waals surface area contributed by atoms with Crippen LogP contribution in [-0.2, 0) is 9.53 Å². The van der Waals surface area contributed by atoms with Gasteiger partial charge in [0.25, 0.3) is 0 Å². The summed E-state index contributed by atoms with van der Waals surface area (Å²) in [4.78, 5) is 10.8. The van der Waals surface area contributed by atoms with Gasteiger partial charge in [-0.15, -0.1) is 0 Å². The van der Waals surface area contributed by atoms with Crippen LogP contribution in [0.25, 0.3) is 0 Å². The largest absolute Gasteiger partial charge is 0.463 e. The van der Waals surface area contributed by atoms with Crippen molar-refractivity contribution in [3.05, 3.63) is 0 Å². The Morgan fingerprint density at radius 2 is 1.88 bits per heavy atom. The van der Waals surface area contributed by atoms with Gasteiger partial charge in [0.05, 0.1) is 12.6 Å². The molecule has 0 fully saturated rings. The van der Waals surface area contributed by atoms with Crippen molar-refractivity contribution in [2.24, 2.45) is 0 Å². The van der Waals surface area contributed by atoms with Crippen LogP contribution in [0.1, 0.15) is 6.42 Å². The minimum atomic E-state index is -5.95. The van der Waals surface area contributed by atoms with Gasteiger partial charge >= 0.3 is 18.0 Å². The van der Waals surface area contributed by atoms with Gasteiger partial charge in [-0.3, -0.25) is 4.79 Å². The first-order valence-corrected chi connectivity index (χ1v) is 4.52. The molecule has 0 bridgehead atoms. The van der Waals surface area contributed by atoms with Crippen molar-refractivity contribution in [3.8, 4) is 0 Å². The molecule has 4 nitrogen and oxygen atoms in total. The van der Waals surface area contributed by atoms with Crippen molar-refractivity contribution in [3.63, 3.8) is 0 Å². The SMILES string of the molecule is COCC(CCO)NC(=O)C(F)(F)C(F)(F)F. The third-order valence-electron chi connectivity index (χ3n) is 1.82. The molecular formula is C8H12F5NO3. The third kappa shape index (κ3) is 4.43. The molecule has 0 aliphatic rings. The van der Waals surface area contributed by atoms with Crippen LogP contribution in [0.5, 0.6) is 0 Å². The number of carbonyl (C=O) groups excluding carboxylic acids is 1. The van der Waals surface area contributed by atoms with Crippen LogP contribution in [-0.4, -0.2) is 49.5 Å². The van der Waals surface area contributed by atoms with Gasteiger partial charge < -0.3 is 15.2 Å². The smallest absolute Gasteiger partial charge is 0.396 e. The highest BCUT2D eigenvalue weighted by Crippen LogP contribution is 2.35. The summed E-state index contributed by atoms with van der Waals surface area (Å²) >= 11 is 0. The molecule has 0 aliphatic heterocycles. The highest BCUT2D eigenvalue weighted by molar-refractivity contribution is 5.84. The predicted octanol–water partition coefficient (Wildman–Crippen LogP) is 0.698. The van der Waals surface area contributed by atoms with Crippen LogP contribution >= 0.6 is 0 Å². The van der Waals surface area contributed by atoms with Crippen molar-refractivity contribution in [2.75, 3.05) is 20.3 Å². The number of amides is 1. The normalized spacial score (nSPS) is 14.5. The molecule has 2 N–H and O–H groups in total. The average molecular weight is 265 g/mol. The fourth-order valence-electron chi connectivity index (χ4n) is 0.959. The highest BCUT2D eigenvalue weighted by Gasteiger charge is 2.63. The number of hydrogen-bond donors (Lipinski definition) is 2. The van der Waals surface area contributed by atoms with Crippen molar-refractivity contribution in [1.82, 2.24) is 5.32 Å². The van der Waals surface area contributed by atoms with E-state index in [1.54, 1.807) is 0 Å². The second-order valence-corrected chi connectivity index (χ2v) is 3.21. The molecule has 0 rings (SSSR count). The maximum absolute atomic E-state index is 12.5. The molecule has 1 atom stereocenters. The number of nitrogens with one attached hydrogen (secondary N) is 1. The van der Waals surface area contributed by atoms with Gasteiger partial charge in [-0.25, -0.2) is 0 Å². The van der Waals surface area contributed by atoms with E-state index in [4.69, 9.17) is 5.11 Å². The topological polar surface area (TPSA) is 58.6 Å². The summed E-state index contributed by atoms with van der Waals surface area (Å²) in [7, 11) is 1.18. The minimum Gasteiger partial charge on any atom is -0.396 e. The number of aliphatic hydroxyl groups is 1. The van der Waals surface area contributed by atoms with Crippen LogP contribution < -0.4 is 5.32 Å². The highest BCUT2D eigenvalue weighted by atomic mass is 19.4. The molecule has 0 saturated carbocycles. The monoisotopic (exact) mass is 265 g/mol. The second kappa shape index (κ2) is 6.10. The fraction of sp³-hybridized carbons (Fsp3) is 0.875. The lowest BCUT2D eigenvalue weighted by Crippen LogP contribution is -2.54. The lowest BCUT2D eigenvalue weighted by molar-refractivity contribution is -0.270. The molecule has 1 unspecified atom stereocenters. The van der Waals surface area contributed by atoms with Gasteiger partial charge in [-0.05, 0) is 6.42 Å². The first-order valence-electron chi connectivity index (χ1n) is 4.52. The van der Waals surface area contributed by atoms with E-state index in [1.807, 2.05) is 0 Å². The molecule has 0 spiro atoms. The summed E-state index contributed by atoms with van der Waals surface area (Å²) < 4.78 is 65.0. The second-order valence-electron chi connectivity index (χ2n) is 3.21. The van der Waals surface area contributed by atoms with E-state index in [0.29, 0.717) is 0 Å². The molecule has 102 valence electrons. The first kappa shape index (κ1) is 16.0. The molecule has 0 saturated heterocycles. The maximum atomic E-state index is 12.5.